The molecule has 0 aliphatic rings. The van der Waals surface area contributed by atoms with Crippen LogP contribution in [0.25, 0.3) is 10.9 Å². The minimum Gasteiger partial charge on any atom is -0.361 e. The number of rotatable bonds is 3. The van der Waals surface area contributed by atoms with E-state index >= 15 is 0 Å². The van der Waals surface area contributed by atoms with Crippen LogP contribution in [-0.4, -0.2) is 10.9 Å². The Bertz CT molecular complexity index is 764. The SMILES string of the molecule is O=C(Cc1c[nH]c2ccccc12)Nc1ccccc1F. The van der Waals surface area contributed by atoms with Crippen LogP contribution in [0.4, 0.5) is 10.1 Å². The van der Waals surface area contributed by atoms with Crippen molar-refractivity contribution in [3.8, 4) is 0 Å². The lowest BCUT2D eigenvalue weighted by atomic mass is 10.1. The van der Waals surface area contributed by atoms with Gasteiger partial charge >= 0.3 is 0 Å². The number of hydrogen-bond acceptors (Lipinski definition) is 1. The fraction of sp³-hybridized carbons (Fsp3) is 0.0625. The van der Waals surface area contributed by atoms with Crippen molar-refractivity contribution in [1.29, 1.82) is 0 Å². The summed E-state index contributed by atoms with van der Waals surface area (Å²) >= 11 is 0. The maximum Gasteiger partial charge on any atom is 0.228 e. The van der Waals surface area contributed by atoms with E-state index in [9.17, 15) is 9.18 Å². The summed E-state index contributed by atoms with van der Waals surface area (Å²) in [4.78, 5) is 15.1. The van der Waals surface area contributed by atoms with E-state index in [0.29, 0.717) is 0 Å². The molecule has 0 aliphatic carbocycles. The van der Waals surface area contributed by atoms with E-state index in [2.05, 4.69) is 10.3 Å². The number of carbonyl (C=O) groups is 1. The highest BCUT2D eigenvalue weighted by Gasteiger charge is 2.10. The molecule has 20 heavy (non-hydrogen) atoms. The Morgan fingerprint density at radius 1 is 1.10 bits per heavy atom. The summed E-state index contributed by atoms with van der Waals surface area (Å²) in [5.41, 5.74) is 2.09. The molecule has 2 N–H and O–H groups in total. The van der Waals surface area contributed by atoms with Crippen molar-refractivity contribution in [1.82, 2.24) is 4.98 Å². The van der Waals surface area contributed by atoms with Crippen molar-refractivity contribution in [3.05, 3.63) is 66.1 Å². The third-order valence-corrected chi connectivity index (χ3v) is 3.17. The average Bonchev–Trinajstić information content (AvgIpc) is 2.85. The van der Waals surface area contributed by atoms with Gasteiger partial charge in [-0.3, -0.25) is 4.79 Å². The Balaban J connectivity index is 1.78. The molecule has 1 amide bonds. The van der Waals surface area contributed by atoms with Crippen LogP contribution in [0.15, 0.2) is 54.7 Å². The number of nitrogens with one attached hydrogen (secondary N) is 2. The van der Waals surface area contributed by atoms with Gasteiger partial charge in [-0.05, 0) is 23.8 Å². The van der Waals surface area contributed by atoms with E-state index in [1.54, 1.807) is 18.2 Å². The highest BCUT2D eigenvalue weighted by atomic mass is 19.1. The van der Waals surface area contributed by atoms with Crippen LogP contribution in [-0.2, 0) is 11.2 Å². The predicted octanol–water partition coefficient (Wildman–Crippen LogP) is 3.49. The zero-order valence-corrected chi connectivity index (χ0v) is 10.7. The second kappa shape index (κ2) is 5.17. The van der Waals surface area contributed by atoms with Gasteiger partial charge in [-0.15, -0.1) is 0 Å². The van der Waals surface area contributed by atoms with Gasteiger partial charge in [-0.1, -0.05) is 30.3 Å². The standard InChI is InChI=1S/C16H13FN2O/c17-13-6-2-4-8-15(13)19-16(20)9-11-10-18-14-7-3-1-5-12(11)14/h1-8,10,18H,9H2,(H,19,20). The molecular formula is C16H13FN2O. The first kappa shape index (κ1) is 12.4. The summed E-state index contributed by atoms with van der Waals surface area (Å²) in [5.74, 6) is -0.667. The Hall–Kier alpha value is -2.62. The van der Waals surface area contributed by atoms with Crippen LogP contribution >= 0.6 is 0 Å². The van der Waals surface area contributed by atoms with Crippen molar-refractivity contribution in [3.63, 3.8) is 0 Å². The van der Waals surface area contributed by atoms with Crippen molar-refractivity contribution < 1.29 is 9.18 Å². The number of benzene rings is 2. The van der Waals surface area contributed by atoms with E-state index in [-0.39, 0.29) is 18.0 Å². The molecule has 0 bridgehead atoms. The Morgan fingerprint density at radius 3 is 2.70 bits per heavy atom. The van der Waals surface area contributed by atoms with Gasteiger partial charge in [0.1, 0.15) is 5.82 Å². The van der Waals surface area contributed by atoms with Gasteiger partial charge in [0.05, 0.1) is 12.1 Å². The monoisotopic (exact) mass is 268 g/mol. The molecule has 3 nitrogen and oxygen atoms in total. The number of H-pyrrole nitrogens is 1. The molecule has 0 saturated heterocycles. The number of amides is 1. The van der Waals surface area contributed by atoms with Gasteiger partial charge in [0.15, 0.2) is 0 Å². The molecule has 0 aliphatic heterocycles. The smallest absolute Gasteiger partial charge is 0.228 e. The Morgan fingerprint density at radius 2 is 1.85 bits per heavy atom. The fourth-order valence-electron chi connectivity index (χ4n) is 2.21. The zero-order chi connectivity index (χ0) is 13.9. The van der Waals surface area contributed by atoms with E-state index < -0.39 is 5.82 Å². The first-order valence-corrected chi connectivity index (χ1v) is 6.33. The van der Waals surface area contributed by atoms with Gasteiger partial charge in [0.2, 0.25) is 5.91 Å². The van der Waals surface area contributed by atoms with Gasteiger partial charge in [0.25, 0.3) is 0 Å². The normalized spacial score (nSPS) is 10.7. The van der Waals surface area contributed by atoms with Crippen molar-refractivity contribution in [2.75, 3.05) is 5.32 Å². The maximum absolute atomic E-state index is 13.5. The minimum atomic E-state index is -0.431. The number of halogens is 1. The molecule has 0 unspecified atom stereocenters. The predicted molar refractivity (Wildman–Crippen MR) is 77.0 cm³/mol. The Labute approximate surface area is 115 Å². The first-order valence-electron chi connectivity index (χ1n) is 6.33. The van der Waals surface area contributed by atoms with Crippen LogP contribution in [0.5, 0.6) is 0 Å². The number of hydrogen-bond donors (Lipinski definition) is 2. The zero-order valence-electron chi connectivity index (χ0n) is 10.7. The highest BCUT2D eigenvalue weighted by molar-refractivity contribution is 5.95. The van der Waals surface area contributed by atoms with E-state index in [0.717, 1.165) is 16.5 Å². The van der Waals surface area contributed by atoms with Crippen LogP contribution < -0.4 is 5.32 Å². The largest absolute Gasteiger partial charge is 0.361 e. The summed E-state index contributed by atoms with van der Waals surface area (Å²) in [6, 6.07) is 13.9. The number of carbonyl (C=O) groups excluding carboxylic acids is 1. The number of anilines is 1. The van der Waals surface area contributed by atoms with E-state index in [1.165, 1.54) is 6.07 Å². The third kappa shape index (κ3) is 2.40. The van der Waals surface area contributed by atoms with Crippen LogP contribution in [0.2, 0.25) is 0 Å². The molecule has 0 fully saturated rings. The van der Waals surface area contributed by atoms with Crippen LogP contribution in [0.1, 0.15) is 5.56 Å². The molecular weight excluding hydrogens is 255 g/mol. The number of aromatic nitrogens is 1. The van der Waals surface area contributed by atoms with E-state index in [4.69, 9.17) is 0 Å². The van der Waals surface area contributed by atoms with Gasteiger partial charge in [-0.2, -0.15) is 0 Å². The molecule has 3 rings (SSSR count). The summed E-state index contributed by atoms with van der Waals surface area (Å²) in [6.07, 6.45) is 2.02. The molecule has 1 aromatic heterocycles. The summed E-state index contributed by atoms with van der Waals surface area (Å²) in [6.45, 7) is 0. The number of aromatic amines is 1. The van der Waals surface area contributed by atoms with Crippen LogP contribution in [0, 0.1) is 5.82 Å². The van der Waals surface area contributed by atoms with Gasteiger partial charge in [0, 0.05) is 17.1 Å². The first-order chi connectivity index (χ1) is 9.74. The maximum atomic E-state index is 13.5. The molecule has 0 atom stereocenters. The molecule has 1 heterocycles. The lowest BCUT2D eigenvalue weighted by Crippen LogP contribution is -2.15. The highest BCUT2D eigenvalue weighted by Crippen LogP contribution is 2.19. The second-order valence-corrected chi connectivity index (χ2v) is 4.56. The van der Waals surface area contributed by atoms with Crippen molar-refractivity contribution in [2.45, 2.75) is 6.42 Å². The summed E-state index contributed by atoms with van der Waals surface area (Å²) in [5, 5.41) is 3.60. The molecule has 2 aromatic carbocycles. The topological polar surface area (TPSA) is 44.9 Å². The molecule has 0 radical (unpaired) electrons. The van der Waals surface area contributed by atoms with Crippen LogP contribution in [0.3, 0.4) is 0 Å². The molecule has 0 saturated carbocycles. The van der Waals surface area contributed by atoms with Gasteiger partial charge in [-0.25, -0.2) is 4.39 Å². The third-order valence-electron chi connectivity index (χ3n) is 3.17. The molecule has 4 heteroatoms. The summed E-state index contributed by atoms with van der Waals surface area (Å²) in [7, 11) is 0. The number of para-hydroxylation sites is 2. The minimum absolute atomic E-state index is 0.206. The average molecular weight is 268 g/mol. The quantitative estimate of drug-likeness (QED) is 0.750. The molecule has 100 valence electrons. The van der Waals surface area contributed by atoms with E-state index in [1.807, 2.05) is 30.5 Å². The van der Waals surface area contributed by atoms with Crippen molar-refractivity contribution in [2.24, 2.45) is 0 Å². The molecule has 0 spiro atoms. The lowest BCUT2D eigenvalue weighted by molar-refractivity contribution is -0.115. The summed E-state index contributed by atoms with van der Waals surface area (Å²) < 4.78 is 13.5. The fourth-order valence-corrected chi connectivity index (χ4v) is 2.21. The number of fused-ring (bicyclic) bond motifs is 1. The van der Waals surface area contributed by atoms with Crippen molar-refractivity contribution >= 4 is 22.5 Å². The van der Waals surface area contributed by atoms with Gasteiger partial charge < -0.3 is 10.3 Å². The molecule has 3 aromatic rings. The second-order valence-electron chi connectivity index (χ2n) is 4.56. The lowest BCUT2D eigenvalue weighted by Gasteiger charge is -2.05. The Kier molecular flexibility index (Phi) is 3.21.